The fraction of sp³-hybridized carbons (Fsp3) is 0.370. The van der Waals surface area contributed by atoms with Crippen LogP contribution >= 0.6 is 0 Å². The number of fused-ring (bicyclic) bond motifs is 1. The summed E-state index contributed by atoms with van der Waals surface area (Å²) >= 11 is 0. The van der Waals surface area contributed by atoms with Gasteiger partial charge in [0, 0.05) is 24.7 Å². The molecule has 0 spiro atoms. The molecule has 0 amide bonds. The lowest BCUT2D eigenvalue weighted by Crippen LogP contribution is -2.43. The lowest BCUT2D eigenvalue weighted by Gasteiger charge is -2.29. The molecule has 7 nitrogen and oxygen atoms in total. The average molecular weight is 456 g/mol. The summed E-state index contributed by atoms with van der Waals surface area (Å²) in [4.78, 5) is 14.3. The van der Waals surface area contributed by atoms with Crippen LogP contribution in [0, 0.1) is 0 Å². The van der Waals surface area contributed by atoms with Crippen molar-refractivity contribution in [3.63, 3.8) is 0 Å². The van der Waals surface area contributed by atoms with Crippen LogP contribution in [0.1, 0.15) is 51.1 Å². The molecule has 1 aliphatic rings. The van der Waals surface area contributed by atoms with Crippen molar-refractivity contribution in [2.24, 2.45) is 5.73 Å². The number of hydrogen-bond donors (Lipinski definition) is 3. The fourth-order valence-electron chi connectivity index (χ4n) is 4.62. The number of anilines is 2. The summed E-state index contributed by atoms with van der Waals surface area (Å²) in [5.74, 6) is 1.35. The van der Waals surface area contributed by atoms with Crippen molar-refractivity contribution in [2.75, 3.05) is 10.6 Å². The minimum absolute atomic E-state index is 0.127. The molecule has 2 heterocycles. The molecular weight excluding hydrogens is 422 g/mol. The van der Waals surface area contributed by atoms with Crippen LogP contribution < -0.4 is 16.4 Å². The highest BCUT2D eigenvalue weighted by molar-refractivity contribution is 5.84. The first kappa shape index (κ1) is 22.3. The van der Waals surface area contributed by atoms with E-state index >= 15 is 0 Å². The Labute approximate surface area is 200 Å². The molecule has 2 atom stereocenters. The van der Waals surface area contributed by atoms with Gasteiger partial charge in [-0.2, -0.15) is 9.97 Å². The first-order valence-corrected chi connectivity index (χ1v) is 12.2. The highest BCUT2D eigenvalue weighted by Crippen LogP contribution is 2.26. The Morgan fingerprint density at radius 2 is 1.71 bits per heavy atom. The molecule has 2 aromatic carbocycles. The molecule has 1 fully saturated rings. The van der Waals surface area contributed by atoms with Crippen LogP contribution in [0.5, 0.6) is 0 Å². The van der Waals surface area contributed by atoms with Crippen molar-refractivity contribution in [1.82, 2.24) is 19.5 Å². The van der Waals surface area contributed by atoms with Crippen molar-refractivity contribution in [3.8, 4) is 11.1 Å². The number of benzene rings is 2. The van der Waals surface area contributed by atoms with Crippen LogP contribution in [-0.2, 0) is 6.54 Å². The van der Waals surface area contributed by atoms with Gasteiger partial charge in [-0.15, -0.1) is 0 Å². The number of aromatic nitrogens is 4. The van der Waals surface area contributed by atoms with Crippen LogP contribution in [0.15, 0.2) is 60.9 Å². The van der Waals surface area contributed by atoms with E-state index in [1.807, 2.05) is 12.4 Å². The Kier molecular flexibility index (Phi) is 6.45. The fourth-order valence-corrected chi connectivity index (χ4v) is 4.62. The van der Waals surface area contributed by atoms with Crippen molar-refractivity contribution in [2.45, 2.75) is 64.2 Å². The Morgan fingerprint density at radius 1 is 0.971 bits per heavy atom. The van der Waals surface area contributed by atoms with Crippen molar-refractivity contribution in [1.29, 1.82) is 0 Å². The van der Waals surface area contributed by atoms with E-state index in [-0.39, 0.29) is 18.1 Å². The van der Waals surface area contributed by atoms with Gasteiger partial charge in [-0.25, -0.2) is 4.98 Å². The van der Waals surface area contributed by atoms with Gasteiger partial charge in [-0.05, 0) is 43.4 Å². The summed E-state index contributed by atoms with van der Waals surface area (Å²) in [5, 5.41) is 7.02. The number of nitrogens with two attached hydrogens (primary N) is 1. The zero-order valence-electron chi connectivity index (χ0n) is 19.9. The molecular formula is C27H33N7. The van der Waals surface area contributed by atoms with Gasteiger partial charge in [0.1, 0.15) is 0 Å². The molecule has 4 aromatic rings. The van der Waals surface area contributed by atoms with Gasteiger partial charge >= 0.3 is 0 Å². The third kappa shape index (κ3) is 4.75. The zero-order valence-corrected chi connectivity index (χ0v) is 19.9. The predicted octanol–water partition coefficient (Wildman–Crippen LogP) is 5.37. The van der Waals surface area contributed by atoms with E-state index in [9.17, 15) is 0 Å². The third-order valence-corrected chi connectivity index (χ3v) is 6.63. The summed E-state index contributed by atoms with van der Waals surface area (Å²) in [6, 6.07) is 19.6. The molecule has 5 rings (SSSR count). The molecule has 176 valence electrons. The smallest absolute Gasteiger partial charge is 0.227 e. The molecule has 0 aliphatic heterocycles. The highest BCUT2D eigenvalue weighted by atomic mass is 15.2. The van der Waals surface area contributed by atoms with Gasteiger partial charge in [0.05, 0.1) is 6.33 Å². The number of imidazole rings is 1. The topological polar surface area (TPSA) is 93.7 Å². The molecule has 0 unspecified atom stereocenters. The van der Waals surface area contributed by atoms with E-state index in [1.54, 1.807) is 0 Å². The van der Waals surface area contributed by atoms with E-state index in [2.05, 4.69) is 82.6 Å². The molecule has 0 bridgehead atoms. The van der Waals surface area contributed by atoms with Gasteiger partial charge in [0.25, 0.3) is 0 Å². The molecule has 2 aromatic heterocycles. The molecule has 0 radical (unpaired) electrons. The van der Waals surface area contributed by atoms with E-state index < -0.39 is 0 Å². The van der Waals surface area contributed by atoms with Crippen molar-refractivity contribution in [3.05, 3.63) is 66.5 Å². The quantitative estimate of drug-likeness (QED) is 0.347. The molecule has 1 aliphatic carbocycles. The van der Waals surface area contributed by atoms with E-state index in [4.69, 9.17) is 15.7 Å². The Balaban J connectivity index is 1.39. The van der Waals surface area contributed by atoms with Crippen LogP contribution in [0.3, 0.4) is 0 Å². The largest absolute Gasteiger partial charge is 0.364 e. The third-order valence-electron chi connectivity index (χ3n) is 6.63. The van der Waals surface area contributed by atoms with Crippen LogP contribution in [0.2, 0.25) is 0 Å². The van der Waals surface area contributed by atoms with Crippen LogP contribution in [0.4, 0.5) is 11.8 Å². The number of hydrogen-bond acceptors (Lipinski definition) is 6. The SMILES string of the molecule is CC(C)n1cnc2c(NCc3ccc(-c4ccccc4)cc3)nc(N[C@@H]3CCCC[C@@H]3N)nc21. The van der Waals surface area contributed by atoms with Gasteiger partial charge < -0.3 is 20.9 Å². The van der Waals surface area contributed by atoms with Gasteiger partial charge in [0.2, 0.25) is 5.95 Å². The zero-order chi connectivity index (χ0) is 23.5. The summed E-state index contributed by atoms with van der Waals surface area (Å²) < 4.78 is 2.09. The van der Waals surface area contributed by atoms with E-state index in [0.29, 0.717) is 12.5 Å². The van der Waals surface area contributed by atoms with E-state index in [1.165, 1.54) is 29.5 Å². The Bertz CT molecular complexity index is 1230. The second kappa shape index (κ2) is 9.81. The first-order valence-electron chi connectivity index (χ1n) is 12.2. The summed E-state index contributed by atoms with van der Waals surface area (Å²) in [5.41, 5.74) is 11.6. The summed E-state index contributed by atoms with van der Waals surface area (Å²) in [7, 11) is 0. The van der Waals surface area contributed by atoms with Crippen molar-refractivity contribution < 1.29 is 0 Å². The minimum Gasteiger partial charge on any atom is -0.364 e. The second-order valence-electron chi connectivity index (χ2n) is 9.43. The Morgan fingerprint density at radius 3 is 2.44 bits per heavy atom. The molecule has 1 saturated carbocycles. The van der Waals surface area contributed by atoms with Gasteiger partial charge in [-0.3, -0.25) is 0 Å². The number of rotatable bonds is 7. The number of nitrogens with one attached hydrogen (secondary N) is 2. The molecule has 34 heavy (non-hydrogen) atoms. The van der Waals surface area contributed by atoms with Gasteiger partial charge in [0.15, 0.2) is 17.0 Å². The predicted molar refractivity (Wildman–Crippen MR) is 139 cm³/mol. The summed E-state index contributed by atoms with van der Waals surface area (Å²) in [6.07, 6.45) is 6.30. The van der Waals surface area contributed by atoms with Gasteiger partial charge in [-0.1, -0.05) is 67.4 Å². The maximum absolute atomic E-state index is 6.37. The lowest BCUT2D eigenvalue weighted by molar-refractivity contribution is 0.402. The molecule has 4 N–H and O–H groups in total. The van der Waals surface area contributed by atoms with Crippen LogP contribution in [0.25, 0.3) is 22.3 Å². The molecule has 0 saturated heterocycles. The molecule has 7 heteroatoms. The van der Waals surface area contributed by atoms with Crippen molar-refractivity contribution >= 4 is 22.9 Å². The normalized spacial score (nSPS) is 18.4. The second-order valence-corrected chi connectivity index (χ2v) is 9.43. The highest BCUT2D eigenvalue weighted by Gasteiger charge is 2.23. The van der Waals surface area contributed by atoms with Crippen LogP contribution in [-0.4, -0.2) is 31.6 Å². The van der Waals surface area contributed by atoms with E-state index in [0.717, 1.165) is 29.8 Å². The Hall–Kier alpha value is -3.45. The maximum atomic E-state index is 6.37. The summed E-state index contributed by atoms with van der Waals surface area (Å²) in [6.45, 7) is 4.92. The first-order chi connectivity index (χ1) is 16.6. The average Bonchev–Trinajstić information content (AvgIpc) is 3.29. The maximum Gasteiger partial charge on any atom is 0.227 e. The standard InChI is InChI=1S/C27H33N7/c1-18(2)34-17-30-24-25(32-27(33-26(24)34)31-23-11-7-6-10-22(23)28)29-16-19-12-14-21(15-13-19)20-8-4-3-5-9-20/h3-5,8-9,12-15,17-18,22-23H,6-7,10-11,16,28H2,1-2H3,(H2,29,31,32,33)/t22-,23+/m0/s1. The minimum atomic E-state index is 0.127. The lowest BCUT2D eigenvalue weighted by atomic mass is 9.91. The monoisotopic (exact) mass is 455 g/mol. The number of nitrogens with zero attached hydrogens (tertiary/aromatic N) is 4.